The van der Waals surface area contributed by atoms with E-state index in [-0.39, 0.29) is 23.0 Å². The Kier molecular flexibility index (Phi) is 5.49. The van der Waals surface area contributed by atoms with Gasteiger partial charge in [-0.3, -0.25) is 0 Å². The number of esters is 1. The quantitative estimate of drug-likeness (QED) is 0.716. The van der Waals surface area contributed by atoms with Gasteiger partial charge in [0.05, 0.1) is 18.7 Å². The van der Waals surface area contributed by atoms with Crippen LogP contribution in [0.15, 0.2) is 29.5 Å². The monoisotopic (exact) mass is 362 g/mol. The molecule has 3 N–H and O–H groups in total. The number of amides is 2. The van der Waals surface area contributed by atoms with Crippen LogP contribution in [0, 0.1) is 5.41 Å². The van der Waals surface area contributed by atoms with Gasteiger partial charge < -0.3 is 25.2 Å². The molecule has 2 unspecified atom stereocenters. The van der Waals surface area contributed by atoms with Crippen molar-refractivity contribution < 1.29 is 24.2 Å². The van der Waals surface area contributed by atoms with Gasteiger partial charge >= 0.3 is 12.0 Å². The summed E-state index contributed by atoms with van der Waals surface area (Å²) in [6.07, 6.45) is -0.317. The molecule has 0 aliphatic carbocycles. The number of phenols is 1. The molecule has 1 heterocycles. The first-order valence-electron chi connectivity index (χ1n) is 8.40. The molecule has 2 atom stereocenters. The second kappa shape index (κ2) is 7.27. The van der Waals surface area contributed by atoms with Gasteiger partial charge in [0.15, 0.2) is 11.5 Å². The number of nitrogens with one attached hydrogen (secondary N) is 2. The second-order valence-electron chi connectivity index (χ2n) is 7.41. The normalized spacial score (nSPS) is 18.7. The fourth-order valence-electron chi connectivity index (χ4n) is 2.49. The van der Waals surface area contributed by atoms with E-state index in [0.29, 0.717) is 16.8 Å². The third kappa shape index (κ3) is 4.09. The first-order valence-corrected chi connectivity index (χ1v) is 8.40. The van der Waals surface area contributed by atoms with Gasteiger partial charge in [0.25, 0.3) is 0 Å². The van der Waals surface area contributed by atoms with E-state index in [9.17, 15) is 14.7 Å². The van der Waals surface area contributed by atoms with E-state index in [4.69, 9.17) is 9.47 Å². The number of hydrogen-bond acceptors (Lipinski definition) is 5. The predicted octanol–water partition coefficient (Wildman–Crippen LogP) is 3.01. The van der Waals surface area contributed by atoms with E-state index in [2.05, 4.69) is 10.6 Å². The Balaban J connectivity index is 2.41. The van der Waals surface area contributed by atoms with E-state index in [1.807, 2.05) is 27.7 Å². The minimum Gasteiger partial charge on any atom is -0.504 e. The molecule has 2 rings (SSSR count). The summed E-state index contributed by atoms with van der Waals surface area (Å²) in [4.78, 5) is 24.8. The van der Waals surface area contributed by atoms with E-state index in [1.165, 1.54) is 13.2 Å². The zero-order valence-corrected chi connectivity index (χ0v) is 16.0. The molecule has 1 aliphatic rings. The third-order valence-electron chi connectivity index (χ3n) is 4.53. The highest BCUT2D eigenvalue weighted by molar-refractivity contribution is 5.95. The van der Waals surface area contributed by atoms with Gasteiger partial charge in [0.1, 0.15) is 6.10 Å². The maximum atomic E-state index is 12.8. The van der Waals surface area contributed by atoms with Crippen molar-refractivity contribution in [2.75, 3.05) is 7.11 Å². The van der Waals surface area contributed by atoms with Crippen molar-refractivity contribution in [1.82, 2.24) is 10.6 Å². The zero-order valence-electron chi connectivity index (χ0n) is 16.0. The minimum absolute atomic E-state index is 0.0253. The molecule has 0 spiro atoms. The van der Waals surface area contributed by atoms with Crippen LogP contribution in [0.2, 0.25) is 0 Å². The maximum Gasteiger partial charge on any atom is 0.338 e. The SMILES string of the molecule is COc1cc(C2NC(=O)NC(C)=C2C(=O)OC(C)C(C)(C)C)ccc1O. The summed E-state index contributed by atoms with van der Waals surface area (Å²) in [6.45, 7) is 9.43. The summed E-state index contributed by atoms with van der Waals surface area (Å²) in [7, 11) is 1.43. The molecule has 2 amide bonds. The molecule has 7 nitrogen and oxygen atoms in total. The summed E-state index contributed by atoms with van der Waals surface area (Å²) in [5.74, 6) is -0.277. The first-order chi connectivity index (χ1) is 12.0. The Morgan fingerprint density at radius 3 is 2.54 bits per heavy atom. The molecule has 0 aromatic heterocycles. The van der Waals surface area contributed by atoms with Crippen LogP contribution in [-0.2, 0) is 9.53 Å². The lowest BCUT2D eigenvalue weighted by molar-refractivity contribution is -0.149. The Labute approximate surface area is 153 Å². The van der Waals surface area contributed by atoms with Crippen LogP contribution in [0.5, 0.6) is 11.5 Å². The van der Waals surface area contributed by atoms with Gasteiger partial charge in [-0.2, -0.15) is 0 Å². The van der Waals surface area contributed by atoms with Crippen molar-refractivity contribution in [2.24, 2.45) is 5.41 Å². The van der Waals surface area contributed by atoms with Crippen LogP contribution in [0.25, 0.3) is 0 Å². The van der Waals surface area contributed by atoms with E-state index in [0.717, 1.165) is 0 Å². The number of carbonyl (C=O) groups is 2. The molecular weight excluding hydrogens is 336 g/mol. The van der Waals surface area contributed by atoms with Crippen molar-refractivity contribution >= 4 is 12.0 Å². The highest BCUT2D eigenvalue weighted by Gasteiger charge is 2.34. The number of aromatic hydroxyl groups is 1. The van der Waals surface area contributed by atoms with Gasteiger partial charge in [-0.05, 0) is 37.0 Å². The van der Waals surface area contributed by atoms with E-state index in [1.54, 1.807) is 19.1 Å². The lowest BCUT2D eigenvalue weighted by atomic mass is 9.90. The van der Waals surface area contributed by atoms with Crippen LogP contribution in [-0.4, -0.2) is 30.3 Å². The molecular formula is C19H26N2O5. The average Bonchev–Trinajstić information content (AvgIpc) is 2.53. The summed E-state index contributed by atoms with van der Waals surface area (Å²) >= 11 is 0. The van der Waals surface area contributed by atoms with Gasteiger partial charge in [0.2, 0.25) is 0 Å². The predicted molar refractivity (Wildman–Crippen MR) is 96.8 cm³/mol. The lowest BCUT2D eigenvalue weighted by Crippen LogP contribution is -2.46. The topological polar surface area (TPSA) is 96.9 Å². The fraction of sp³-hybridized carbons (Fsp3) is 0.474. The van der Waals surface area contributed by atoms with E-state index < -0.39 is 18.0 Å². The number of rotatable bonds is 4. The number of methoxy groups -OCH3 is 1. The Hall–Kier alpha value is -2.70. The highest BCUT2D eigenvalue weighted by Crippen LogP contribution is 2.34. The maximum absolute atomic E-state index is 12.8. The fourth-order valence-corrected chi connectivity index (χ4v) is 2.49. The molecule has 1 aromatic carbocycles. The largest absolute Gasteiger partial charge is 0.504 e. The summed E-state index contributed by atoms with van der Waals surface area (Å²) in [5, 5.41) is 15.1. The number of carbonyl (C=O) groups excluding carboxylic acids is 2. The van der Waals surface area contributed by atoms with Crippen molar-refractivity contribution in [1.29, 1.82) is 0 Å². The molecule has 0 bridgehead atoms. The third-order valence-corrected chi connectivity index (χ3v) is 4.53. The van der Waals surface area contributed by atoms with Crippen molar-refractivity contribution in [3.8, 4) is 11.5 Å². The zero-order chi connectivity index (χ0) is 19.6. The van der Waals surface area contributed by atoms with Crippen molar-refractivity contribution in [2.45, 2.75) is 46.8 Å². The lowest BCUT2D eigenvalue weighted by Gasteiger charge is -2.31. The first kappa shape index (κ1) is 19.6. The van der Waals surface area contributed by atoms with Crippen molar-refractivity contribution in [3.63, 3.8) is 0 Å². The Bertz CT molecular complexity index is 749. The van der Waals surface area contributed by atoms with E-state index >= 15 is 0 Å². The summed E-state index contributed by atoms with van der Waals surface area (Å²) in [6, 6.07) is 3.54. The molecule has 0 radical (unpaired) electrons. The summed E-state index contributed by atoms with van der Waals surface area (Å²) < 4.78 is 10.7. The molecule has 142 valence electrons. The van der Waals surface area contributed by atoms with Crippen LogP contribution in [0.1, 0.15) is 46.2 Å². The number of hydrogen-bond donors (Lipinski definition) is 3. The molecule has 1 aliphatic heterocycles. The Morgan fingerprint density at radius 1 is 1.31 bits per heavy atom. The molecule has 0 saturated heterocycles. The van der Waals surface area contributed by atoms with Crippen LogP contribution in [0.3, 0.4) is 0 Å². The molecule has 26 heavy (non-hydrogen) atoms. The number of phenolic OH excluding ortho intramolecular Hbond substituents is 1. The van der Waals surface area contributed by atoms with Crippen LogP contribution >= 0.6 is 0 Å². The number of urea groups is 1. The molecule has 0 fully saturated rings. The number of ether oxygens (including phenoxy) is 2. The van der Waals surface area contributed by atoms with Gasteiger partial charge in [0, 0.05) is 5.70 Å². The second-order valence-corrected chi connectivity index (χ2v) is 7.41. The molecule has 1 aromatic rings. The van der Waals surface area contributed by atoms with Gasteiger partial charge in [-0.1, -0.05) is 26.8 Å². The highest BCUT2D eigenvalue weighted by atomic mass is 16.5. The standard InChI is InChI=1S/C19H26N2O5/c1-10-15(17(23)26-11(2)19(3,4)5)16(21-18(24)20-10)12-7-8-13(22)14(9-12)25-6/h7-9,11,16,22H,1-6H3,(H2,20,21,24). The smallest absolute Gasteiger partial charge is 0.338 e. The van der Waals surface area contributed by atoms with Crippen LogP contribution in [0.4, 0.5) is 4.79 Å². The van der Waals surface area contributed by atoms with Crippen LogP contribution < -0.4 is 15.4 Å². The summed E-state index contributed by atoms with van der Waals surface area (Å²) in [5.41, 5.74) is 1.13. The number of benzene rings is 1. The van der Waals surface area contributed by atoms with Gasteiger partial charge in [-0.25, -0.2) is 9.59 Å². The Morgan fingerprint density at radius 2 is 1.96 bits per heavy atom. The van der Waals surface area contributed by atoms with Gasteiger partial charge in [-0.15, -0.1) is 0 Å². The number of allylic oxidation sites excluding steroid dienone is 1. The average molecular weight is 362 g/mol. The van der Waals surface area contributed by atoms with Crippen molar-refractivity contribution in [3.05, 3.63) is 35.0 Å². The minimum atomic E-state index is -0.710. The molecule has 0 saturated carbocycles. The molecule has 7 heteroatoms.